The number of amides is 3. The number of hydrogen-bond donors (Lipinski definition) is 4. The van der Waals surface area contributed by atoms with E-state index in [1.54, 1.807) is 28.9 Å². The molecule has 0 spiro atoms. The lowest BCUT2D eigenvalue weighted by molar-refractivity contribution is -0.132. The van der Waals surface area contributed by atoms with Gasteiger partial charge in [0.25, 0.3) is 0 Å². The third-order valence-electron chi connectivity index (χ3n) is 5.28. The Kier molecular flexibility index (Phi) is 5.67. The van der Waals surface area contributed by atoms with E-state index >= 15 is 0 Å². The van der Waals surface area contributed by atoms with Crippen LogP contribution in [-0.2, 0) is 4.79 Å². The molecule has 2 heterocycles. The molecule has 29 heavy (non-hydrogen) atoms. The quantitative estimate of drug-likeness (QED) is 0.586. The predicted octanol–water partition coefficient (Wildman–Crippen LogP) is 3.88. The first kappa shape index (κ1) is 20.0. The van der Waals surface area contributed by atoms with Crippen LogP contribution in [0.15, 0.2) is 24.3 Å². The number of benzene rings is 1. The van der Waals surface area contributed by atoms with E-state index in [-0.39, 0.29) is 17.9 Å². The number of urea groups is 1. The SMILES string of the molecule is Cc1cc(NC(=O)Nc2ccc(Cl)c(Cl)c2)n(C2NC(=O)C3CCCCC3N2)n1. The molecule has 2 aliphatic rings. The number of halogens is 2. The minimum absolute atomic E-state index is 0.00831. The van der Waals surface area contributed by atoms with Gasteiger partial charge in [-0.2, -0.15) is 5.10 Å². The van der Waals surface area contributed by atoms with E-state index in [1.165, 1.54) is 0 Å². The molecule has 0 bridgehead atoms. The topological polar surface area (TPSA) is 100 Å². The fourth-order valence-corrected chi connectivity index (χ4v) is 4.22. The number of aryl methyl sites for hydroxylation is 1. The van der Waals surface area contributed by atoms with Gasteiger partial charge in [-0.15, -0.1) is 0 Å². The van der Waals surface area contributed by atoms with E-state index in [4.69, 9.17) is 23.2 Å². The van der Waals surface area contributed by atoms with Gasteiger partial charge in [-0.25, -0.2) is 9.48 Å². The maximum atomic E-state index is 12.5. The number of rotatable bonds is 3. The van der Waals surface area contributed by atoms with E-state index < -0.39 is 12.3 Å². The second-order valence-corrected chi connectivity index (χ2v) is 8.21. The maximum absolute atomic E-state index is 12.5. The lowest BCUT2D eigenvalue weighted by Gasteiger charge is -2.40. The lowest BCUT2D eigenvalue weighted by Crippen LogP contribution is -2.59. The number of nitrogens with zero attached hydrogens (tertiary/aromatic N) is 2. The van der Waals surface area contributed by atoms with E-state index in [1.807, 2.05) is 6.92 Å². The summed E-state index contributed by atoms with van der Waals surface area (Å²) in [7, 11) is 0. The molecule has 1 aromatic heterocycles. The average molecular weight is 437 g/mol. The lowest BCUT2D eigenvalue weighted by atomic mass is 9.83. The normalized spacial score (nSPS) is 23.8. The molecule has 4 rings (SSSR count). The van der Waals surface area contributed by atoms with Crippen LogP contribution < -0.4 is 21.3 Å². The Hall–Kier alpha value is -2.29. The van der Waals surface area contributed by atoms with Crippen LogP contribution in [0.2, 0.25) is 10.0 Å². The molecule has 1 saturated carbocycles. The summed E-state index contributed by atoms with van der Waals surface area (Å²) in [4.78, 5) is 25.0. The van der Waals surface area contributed by atoms with E-state index in [2.05, 4.69) is 26.4 Å². The zero-order valence-corrected chi connectivity index (χ0v) is 17.3. The van der Waals surface area contributed by atoms with Crippen LogP contribution in [0.3, 0.4) is 0 Å². The molecule has 3 atom stereocenters. The highest BCUT2D eigenvalue weighted by Crippen LogP contribution is 2.30. The van der Waals surface area contributed by atoms with Gasteiger partial charge in [0.15, 0.2) is 6.29 Å². The number of carbonyl (C=O) groups excluding carboxylic acids is 2. The molecule has 3 unspecified atom stereocenters. The van der Waals surface area contributed by atoms with Gasteiger partial charge in [-0.3, -0.25) is 15.4 Å². The molecule has 1 saturated heterocycles. The van der Waals surface area contributed by atoms with Crippen LogP contribution in [0.25, 0.3) is 0 Å². The summed E-state index contributed by atoms with van der Waals surface area (Å²) >= 11 is 11.9. The summed E-state index contributed by atoms with van der Waals surface area (Å²) in [6.45, 7) is 1.83. The zero-order chi connectivity index (χ0) is 20.5. The first-order valence-corrected chi connectivity index (χ1v) is 10.3. The Balaban J connectivity index is 1.48. The van der Waals surface area contributed by atoms with Crippen molar-refractivity contribution in [3.63, 3.8) is 0 Å². The third kappa shape index (κ3) is 4.34. The third-order valence-corrected chi connectivity index (χ3v) is 6.01. The Morgan fingerprint density at radius 3 is 2.76 bits per heavy atom. The highest BCUT2D eigenvalue weighted by molar-refractivity contribution is 6.42. The van der Waals surface area contributed by atoms with Crippen LogP contribution in [-0.4, -0.2) is 27.8 Å². The Bertz CT molecular complexity index is 947. The van der Waals surface area contributed by atoms with Crippen LogP contribution in [0, 0.1) is 12.8 Å². The minimum atomic E-state index is -0.518. The molecule has 0 radical (unpaired) electrons. The monoisotopic (exact) mass is 436 g/mol. The second kappa shape index (κ2) is 8.22. The van der Waals surface area contributed by atoms with Crippen molar-refractivity contribution in [2.24, 2.45) is 5.92 Å². The number of hydrogen-bond acceptors (Lipinski definition) is 4. The molecule has 4 N–H and O–H groups in total. The Morgan fingerprint density at radius 1 is 1.17 bits per heavy atom. The van der Waals surface area contributed by atoms with Crippen molar-refractivity contribution in [3.05, 3.63) is 40.0 Å². The van der Waals surface area contributed by atoms with Gasteiger partial charge >= 0.3 is 6.03 Å². The average Bonchev–Trinajstić information content (AvgIpc) is 3.04. The molecule has 2 aromatic rings. The molecule has 2 fully saturated rings. The molecular weight excluding hydrogens is 415 g/mol. The van der Waals surface area contributed by atoms with Crippen LogP contribution in [0.5, 0.6) is 0 Å². The molecule has 154 valence electrons. The fourth-order valence-electron chi connectivity index (χ4n) is 3.92. The molecule has 1 aliphatic carbocycles. The smallest absolute Gasteiger partial charge is 0.322 e. The van der Waals surface area contributed by atoms with Crippen molar-refractivity contribution in [1.82, 2.24) is 20.4 Å². The van der Waals surface area contributed by atoms with Gasteiger partial charge in [-0.05, 0) is 38.0 Å². The molecule has 3 amide bonds. The molecular formula is C19H22Cl2N6O2. The zero-order valence-electron chi connectivity index (χ0n) is 15.8. The van der Waals surface area contributed by atoms with Crippen LogP contribution in [0.1, 0.15) is 37.7 Å². The van der Waals surface area contributed by atoms with Crippen LogP contribution in [0.4, 0.5) is 16.3 Å². The van der Waals surface area contributed by atoms with E-state index in [0.717, 1.165) is 31.4 Å². The summed E-state index contributed by atoms with van der Waals surface area (Å²) in [5, 5.41) is 17.1. The number of fused-ring (bicyclic) bond motifs is 1. The highest BCUT2D eigenvalue weighted by atomic mass is 35.5. The summed E-state index contributed by atoms with van der Waals surface area (Å²) in [6.07, 6.45) is 3.50. The molecule has 1 aliphatic heterocycles. The number of nitrogens with one attached hydrogen (secondary N) is 4. The number of aromatic nitrogens is 2. The number of anilines is 2. The molecule has 10 heteroatoms. The standard InChI is InChI=1S/C19H22Cl2N6O2/c1-10-8-16(24-19(29)22-11-6-7-13(20)14(21)9-11)27(26-10)18-23-15-5-3-2-4-12(15)17(28)25-18/h6-9,12,15,18,23H,2-5H2,1H3,(H,25,28)(H2,22,24,29). The second-order valence-electron chi connectivity index (χ2n) is 7.40. The minimum Gasteiger partial charge on any atom is -0.322 e. The Morgan fingerprint density at radius 2 is 1.97 bits per heavy atom. The van der Waals surface area contributed by atoms with Crippen molar-refractivity contribution < 1.29 is 9.59 Å². The van der Waals surface area contributed by atoms with Gasteiger partial charge in [0.1, 0.15) is 5.82 Å². The van der Waals surface area contributed by atoms with Crippen molar-refractivity contribution in [3.8, 4) is 0 Å². The number of carbonyl (C=O) groups is 2. The van der Waals surface area contributed by atoms with Gasteiger partial charge in [0.2, 0.25) is 5.91 Å². The highest BCUT2D eigenvalue weighted by Gasteiger charge is 2.38. The summed E-state index contributed by atoms with van der Waals surface area (Å²) in [5.74, 6) is 0.482. The summed E-state index contributed by atoms with van der Waals surface area (Å²) in [6, 6.07) is 6.23. The summed E-state index contributed by atoms with van der Waals surface area (Å²) in [5.41, 5.74) is 1.23. The fraction of sp³-hybridized carbons (Fsp3) is 0.421. The molecule has 1 aromatic carbocycles. The summed E-state index contributed by atoms with van der Waals surface area (Å²) < 4.78 is 1.59. The van der Waals surface area contributed by atoms with Gasteiger partial charge in [0, 0.05) is 17.8 Å². The van der Waals surface area contributed by atoms with Crippen molar-refractivity contribution in [2.75, 3.05) is 10.6 Å². The first-order valence-electron chi connectivity index (χ1n) is 9.56. The van der Waals surface area contributed by atoms with Crippen molar-refractivity contribution in [1.29, 1.82) is 0 Å². The van der Waals surface area contributed by atoms with E-state index in [9.17, 15) is 9.59 Å². The van der Waals surface area contributed by atoms with E-state index in [0.29, 0.717) is 21.6 Å². The predicted molar refractivity (Wildman–Crippen MR) is 112 cm³/mol. The largest absolute Gasteiger partial charge is 0.324 e. The van der Waals surface area contributed by atoms with Crippen molar-refractivity contribution in [2.45, 2.75) is 44.9 Å². The maximum Gasteiger partial charge on any atom is 0.324 e. The van der Waals surface area contributed by atoms with Gasteiger partial charge in [0.05, 0.1) is 21.7 Å². The molecule has 8 nitrogen and oxygen atoms in total. The first-order chi connectivity index (χ1) is 13.9. The van der Waals surface area contributed by atoms with Gasteiger partial charge < -0.3 is 10.6 Å². The Labute approximate surface area is 178 Å². The van der Waals surface area contributed by atoms with Crippen molar-refractivity contribution >= 4 is 46.6 Å². The van der Waals surface area contributed by atoms with Crippen LogP contribution >= 0.6 is 23.2 Å². The van der Waals surface area contributed by atoms with Gasteiger partial charge in [-0.1, -0.05) is 36.0 Å².